The molecule has 0 saturated carbocycles. The van der Waals surface area contributed by atoms with Crippen LogP contribution in [-0.4, -0.2) is 46.5 Å². The average molecular weight is 243 g/mol. The lowest BCUT2D eigenvalue weighted by Crippen LogP contribution is -2.50. The van der Waals surface area contributed by atoms with Crippen molar-refractivity contribution in [3.05, 3.63) is 0 Å². The lowest BCUT2D eigenvalue weighted by molar-refractivity contribution is -0.141. The van der Waals surface area contributed by atoms with Gasteiger partial charge >= 0.3 is 12.0 Å². The van der Waals surface area contributed by atoms with Crippen molar-refractivity contribution in [2.24, 2.45) is 5.73 Å². The molecule has 0 bridgehead atoms. The Morgan fingerprint density at radius 3 is 2.59 bits per heavy atom. The van der Waals surface area contributed by atoms with E-state index in [1.165, 1.54) is 0 Å². The minimum Gasteiger partial charge on any atom is -0.480 e. The summed E-state index contributed by atoms with van der Waals surface area (Å²) in [6.45, 7) is 2.51. The summed E-state index contributed by atoms with van der Waals surface area (Å²) in [6, 6.07) is -1.62. The minimum absolute atomic E-state index is 0.0954. The molecule has 1 unspecified atom stereocenters. The van der Waals surface area contributed by atoms with Crippen LogP contribution in [0.3, 0.4) is 0 Å². The topological polar surface area (TPSA) is 113 Å². The summed E-state index contributed by atoms with van der Waals surface area (Å²) in [4.78, 5) is 34.8. The Hall–Kier alpha value is -1.79. The van der Waals surface area contributed by atoms with Gasteiger partial charge in [-0.3, -0.25) is 4.79 Å². The number of nitrogens with two attached hydrogens (primary N) is 1. The van der Waals surface area contributed by atoms with Crippen LogP contribution in [0.1, 0.15) is 26.2 Å². The maximum Gasteiger partial charge on any atom is 0.326 e. The van der Waals surface area contributed by atoms with Crippen LogP contribution in [0.15, 0.2) is 0 Å². The highest BCUT2D eigenvalue weighted by molar-refractivity contribution is 5.87. The van der Waals surface area contributed by atoms with Crippen molar-refractivity contribution in [3.8, 4) is 0 Å². The molecule has 0 aliphatic carbocycles. The van der Waals surface area contributed by atoms with Gasteiger partial charge in [0, 0.05) is 12.6 Å². The second-order valence-electron chi connectivity index (χ2n) is 4.20. The van der Waals surface area contributed by atoms with E-state index in [9.17, 15) is 14.4 Å². The number of rotatable bonds is 4. The molecule has 7 heteroatoms. The number of amides is 3. The van der Waals surface area contributed by atoms with Gasteiger partial charge in [-0.2, -0.15) is 0 Å². The first-order valence-corrected chi connectivity index (χ1v) is 5.50. The van der Waals surface area contributed by atoms with Gasteiger partial charge in [-0.05, 0) is 19.8 Å². The lowest BCUT2D eigenvalue weighted by Gasteiger charge is -2.23. The number of hydrogen-bond donors (Lipinski definition) is 3. The molecule has 1 fully saturated rings. The number of carbonyl (C=O) groups excluding carboxylic acids is 2. The number of likely N-dealkylation sites (tertiary alicyclic amines) is 1. The normalized spacial score (nSPS) is 21.0. The first kappa shape index (κ1) is 13.3. The summed E-state index contributed by atoms with van der Waals surface area (Å²) in [7, 11) is 0. The number of nitrogens with one attached hydrogen (secondary N) is 1. The largest absolute Gasteiger partial charge is 0.480 e. The van der Waals surface area contributed by atoms with Crippen molar-refractivity contribution in [2.45, 2.75) is 38.3 Å². The molecule has 1 aliphatic rings. The third-order valence-electron chi connectivity index (χ3n) is 2.81. The summed E-state index contributed by atoms with van der Waals surface area (Å²) in [5.41, 5.74) is 4.92. The Bertz CT molecular complexity index is 332. The van der Waals surface area contributed by atoms with Gasteiger partial charge in [0.25, 0.3) is 0 Å². The summed E-state index contributed by atoms with van der Waals surface area (Å²) < 4.78 is 0. The number of primary amides is 1. The van der Waals surface area contributed by atoms with E-state index in [-0.39, 0.29) is 6.04 Å². The van der Waals surface area contributed by atoms with Gasteiger partial charge in [0.2, 0.25) is 5.91 Å². The van der Waals surface area contributed by atoms with Crippen molar-refractivity contribution in [1.82, 2.24) is 10.2 Å². The maximum absolute atomic E-state index is 11.8. The molecular formula is C10H17N3O4. The first-order valence-electron chi connectivity index (χ1n) is 5.50. The van der Waals surface area contributed by atoms with Crippen molar-refractivity contribution in [3.63, 3.8) is 0 Å². The van der Waals surface area contributed by atoms with E-state index in [0.717, 1.165) is 12.8 Å². The van der Waals surface area contributed by atoms with Crippen LogP contribution in [-0.2, 0) is 9.59 Å². The number of urea groups is 1. The monoisotopic (exact) mass is 243 g/mol. The van der Waals surface area contributed by atoms with E-state index in [0.29, 0.717) is 6.54 Å². The standard InChI is InChI=1S/C10H17N3O4/c1-6-3-2-4-13(6)10(17)12-7(9(15)16)5-8(11)14/h6-7H,2-5H2,1H3,(H2,11,14)(H,12,17)(H,15,16)/t6?,7-/m1/s1. The van der Waals surface area contributed by atoms with E-state index in [4.69, 9.17) is 10.8 Å². The number of carboxylic acids is 1. The number of carboxylic acid groups (broad SMARTS) is 1. The summed E-state index contributed by atoms with van der Waals surface area (Å²) >= 11 is 0. The van der Waals surface area contributed by atoms with Gasteiger partial charge in [-0.25, -0.2) is 9.59 Å². The van der Waals surface area contributed by atoms with E-state index >= 15 is 0 Å². The van der Waals surface area contributed by atoms with Gasteiger partial charge < -0.3 is 21.1 Å². The number of aliphatic carboxylic acids is 1. The predicted molar refractivity (Wildman–Crippen MR) is 59.2 cm³/mol. The average Bonchev–Trinajstić information content (AvgIpc) is 2.62. The zero-order valence-corrected chi connectivity index (χ0v) is 9.68. The van der Waals surface area contributed by atoms with Gasteiger partial charge in [0.05, 0.1) is 6.42 Å². The van der Waals surface area contributed by atoms with Gasteiger partial charge in [-0.1, -0.05) is 0 Å². The van der Waals surface area contributed by atoms with E-state index < -0.39 is 30.4 Å². The third-order valence-corrected chi connectivity index (χ3v) is 2.81. The Labute approximate surface area is 98.9 Å². The van der Waals surface area contributed by atoms with Crippen LogP contribution in [0.5, 0.6) is 0 Å². The fourth-order valence-electron chi connectivity index (χ4n) is 1.87. The molecule has 1 rings (SSSR count). The highest BCUT2D eigenvalue weighted by Crippen LogP contribution is 2.16. The van der Waals surface area contributed by atoms with Crippen LogP contribution in [0.4, 0.5) is 4.79 Å². The SMILES string of the molecule is CC1CCCN1C(=O)N[C@H](CC(N)=O)C(=O)O. The molecule has 0 spiro atoms. The molecule has 1 heterocycles. The van der Waals surface area contributed by atoms with Crippen molar-refractivity contribution >= 4 is 17.9 Å². The van der Waals surface area contributed by atoms with Crippen LogP contribution in [0, 0.1) is 0 Å². The molecule has 0 aromatic rings. The Kier molecular flexibility index (Phi) is 4.30. The fraction of sp³-hybridized carbons (Fsp3) is 0.700. The summed E-state index contributed by atoms with van der Waals surface area (Å²) in [6.07, 6.45) is 1.41. The Morgan fingerprint density at radius 1 is 1.53 bits per heavy atom. The van der Waals surface area contributed by atoms with Gasteiger partial charge in [0.1, 0.15) is 6.04 Å². The second kappa shape index (κ2) is 5.51. The first-order chi connectivity index (χ1) is 7.91. The van der Waals surface area contributed by atoms with E-state index in [1.54, 1.807) is 4.90 Å². The smallest absolute Gasteiger partial charge is 0.326 e. The molecule has 1 saturated heterocycles. The molecule has 1 aliphatic heterocycles. The quantitative estimate of drug-likeness (QED) is 0.618. The Balaban J connectivity index is 2.57. The molecular weight excluding hydrogens is 226 g/mol. The van der Waals surface area contributed by atoms with Crippen molar-refractivity contribution in [1.29, 1.82) is 0 Å². The highest BCUT2D eigenvalue weighted by Gasteiger charge is 2.29. The van der Waals surface area contributed by atoms with Crippen molar-refractivity contribution in [2.75, 3.05) is 6.54 Å². The third kappa shape index (κ3) is 3.61. The molecule has 0 aromatic heterocycles. The number of hydrogen-bond acceptors (Lipinski definition) is 3. The molecule has 7 nitrogen and oxygen atoms in total. The van der Waals surface area contributed by atoms with Gasteiger partial charge in [0.15, 0.2) is 0 Å². The van der Waals surface area contributed by atoms with Gasteiger partial charge in [-0.15, -0.1) is 0 Å². The fourth-order valence-corrected chi connectivity index (χ4v) is 1.87. The predicted octanol–water partition coefficient (Wildman–Crippen LogP) is -0.491. The maximum atomic E-state index is 11.8. The summed E-state index contributed by atoms with van der Waals surface area (Å²) in [5.74, 6) is -2.02. The van der Waals surface area contributed by atoms with Crippen LogP contribution >= 0.6 is 0 Å². The zero-order valence-electron chi connectivity index (χ0n) is 9.68. The van der Waals surface area contributed by atoms with Crippen LogP contribution in [0.25, 0.3) is 0 Å². The minimum atomic E-state index is -1.26. The molecule has 17 heavy (non-hydrogen) atoms. The number of nitrogens with zero attached hydrogens (tertiary/aromatic N) is 1. The molecule has 96 valence electrons. The number of carbonyl (C=O) groups is 3. The van der Waals surface area contributed by atoms with E-state index in [1.807, 2.05) is 6.92 Å². The lowest BCUT2D eigenvalue weighted by atomic mass is 10.2. The van der Waals surface area contributed by atoms with Crippen LogP contribution in [0.2, 0.25) is 0 Å². The van der Waals surface area contributed by atoms with E-state index in [2.05, 4.69) is 5.32 Å². The highest BCUT2D eigenvalue weighted by atomic mass is 16.4. The molecule has 3 amide bonds. The molecule has 4 N–H and O–H groups in total. The molecule has 0 aromatic carbocycles. The second-order valence-corrected chi connectivity index (χ2v) is 4.20. The molecule has 0 radical (unpaired) electrons. The van der Waals surface area contributed by atoms with Crippen LogP contribution < -0.4 is 11.1 Å². The van der Waals surface area contributed by atoms with Crippen molar-refractivity contribution < 1.29 is 19.5 Å². The summed E-state index contributed by atoms with van der Waals surface area (Å²) in [5, 5.41) is 11.1. The Morgan fingerprint density at radius 2 is 2.18 bits per heavy atom. The zero-order chi connectivity index (χ0) is 13.0. The molecule has 2 atom stereocenters.